The highest BCUT2D eigenvalue weighted by Gasteiger charge is 2.82. The Bertz CT molecular complexity index is 1930. The van der Waals surface area contributed by atoms with Crippen LogP contribution in [0.3, 0.4) is 0 Å². The zero-order chi connectivity index (χ0) is 32.8. The van der Waals surface area contributed by atoms with Crippen LogP contribution in [0.1, 0.15) is 86.2 Å². The molecule has 3 aromatic rings. The first-order chi connectivity index (χ1) is 23.2. The predicted octanol–water partition coefficient (Wildman–Crippen LogP) is 7.90. The molecule has 2 aliphatic heterocycles. The third-order valence-electron chi connectivity index (χ3n) is 15.2. The van der Waals surface area contributed by atoms with Gasteiger partial charge in [0.25, 0.3) is 0 Å². The van der Waals surface area contributed by atoms with E-state index in [4.69, 9.17) is 4.74 Å². The Hall–Kier alpha value is -2.93. The van der Waals surface area contributed by atoms with Crippen molar-refractivity contribution in [2.75, 3.05) is 18.7 Å². The molecule has 0 radical (unpaired) electrons. The second-order valence-corrected chi connectivity index (χ2v) is 17.7. The summed E-state index contributed by atoms with van der Waals surface area (Å²) < 4.78 is 5.60. The van der Waals surface area contributed by atoms with Gasteiger partial charge in [0, 0.05) is 34.6 Å². The van der Waals surface area contributed by atoms with Crippen molar-refractivity contribution in [1.29, 1.82) is 0 Å². The molecule has 48 heavy (non-hydrogen) atoms. The summed E-state index contributed by atoms with van der Waals surface area (Å²) in [6, 6.07) is 21.1. The molecule has 10 atom stereocenters. The summed E-state index contributed by atoms with van der Waals surface area (Å²) in [4.78, 5) is 34.4. The number of methoxy groups -OCH3 is 1. The average molecular weight is 660 g/mol. The van der Waals surface area contributed by atoms with Gasteiger partial charge in [-0.2, -0.15) is 0 Å². The molecule has 1 N–H and O–H groups in total. The van der Waals surface area contributed by atoms with Crippen LogP contribution in [-0.2, 0) is 10.3 Å². The smallest absolute Gasteiger partial charge is 0.189 e. The quantitative estimate of drug-likeness (QED) is 0.282. The minimum atomic E-state index is -1.03. The molecular weight excluding hydrogens is 615 g/mol. The molecular formula is C42H45NO4S. The fourth-order valence-electron chi connectivity index (χ4n) is 13.2. The topological polar surface area (TPSA) is 66.8 Å². The number of Topliss-reactive ketones (excluding diaryl/α,β-unsaturated/α-hetero) is 2. The summed E-state index contributed by atoms with van der Waals surface area (Å²) in [7, 11) is 1.70. The fourth-order valence-corrected chi connectivity index (χ4v) is 14.5. The molecule has 3 saturated carbocycles. The van der Waals surface area contributed by atoms with Crippen LogP contribution in [0, 0.1) is 34.0 Å². The third kappa shape index (κ3) is 3.30. The molecule has 2 heterocycles. The Labute approximate surface area is 287 Å². The lowest BCUT2D eigenvalue weighted by Gasteiger charge is -2.56. The van der Waals surface area contributed by atoms with Crippen molar-refractivity contribution in [3.05, 3.63) is 89.0 Å². The standard InChI is InChI=1S/C42H45NO4S/c1-39-18-16-27(44)20-26(39)12-15-29-31(39)17-19-40(2)33(29)21-41(38(40)46)36(25-10-13-28(47-3)14-11-25)34-22-48-23-43(34)42(41)32-9-5-7-24-6-4-8-30(35(24)32)37(42)45/h4-14,27,29,31,33-34,36,44H,15-23H2,1-3H3/t27-,29+,31-,33-,34-,36?,39-,40-,41?,42?/m0/s1. The van der Waals surface area contributed by atoms with Crippen LogP contribution in [0.25, 0.3) is 10.8 Å². The van der Waals surface area contributed by atoms with Crippen molar-refractivity contribution < 1.29 is 19.4 Å². The van der Waals surface area contributed by atoms with Crippen LogP contribution < -0.4 is 4.74 Å². The molecule has 3 aromatic carbocycles. The third-order valence-corrected chi connectivity index (χ3v) is 16.2. The second-order valence-electron chi connectivity index (χ2n) is 16.7. The number of aliphatic hydroxyl groups is 1. The number of allylic oxidation sites excluding steroid dienone is 1. The van der Waals surface area contributed by atoms with Gasteiger partial charge >= 0.3 is 0 Å². The fraction of sp³-hybridized carbons (Fsp3) is 0.524. The van der Waals surface area contributed by atoms with Crippen LogP contribution in [0.2, 0.25) is 0 Å². The molecule has 6 heteroatoms. The number of rotatable bonds is 2. The van der Waals surface area contributed by atoms with E-state index in [0.717, 1.165) is 89.8 Å². The second kappa shape index (κ2) is 9.86. The lowest BCUT2D eigenvalue weighted by Crippen LogP contribution is -2.58. The van der Waals surface area contributed by atoms with Crippen LogP contribution in [0.5, 0.6) is 5.75 Å². The highest BCUT2D eigenvalue weighted by atomic mass is 32.2. The highest BCUT2D eigenvalue weighted by molar-refractivity contribution is 7.99. The number of thioether (sulfide) groups is 1. The Morgan fingerprint density at radius 2 is 1.71 bits per heavy atom. The molecule has 0 bridgehead atoms. The molecule has 0 amide bonds. The van der Waals surface area contributed by atoms with Gasteiger partial charge in [0.05, 0.1) is 18.6 Å². The Morgan fingerprint density at radius 3 is 2.50 bits per heavy atom. The van der Waals surface area contributed by atoms with E-state index in [1.807, 2.05) is 36.0 Å². The Morgan fingerprint density at radius 1 is 0.938 bits per heavy atom. The first kappa shape index (κ1) is 29.9. The zero-order valence-electron chi connectivity index (χ0n) is 28.2. The van der Waals surface area contributed by atoms with Gasteiger partial charge in [0.15, 0.2) is 5.78 Å². The number of ketones is 2. The van der Waals surface area contributed by atoms with Crippen LogP contribution >= 0.6 is 11.8 Å². The van der Waals surface area contributed by atoms with Gasteiger partial charge in [-0.25, -0.2) is 0 Å². The van der Waals surface area contributed by atoms with E-state index >= 15 is 9.59 Å². The van der Waals surface area contributed by atoms with Gasteiger partial charge in [0.2, 0.25) is 0 Å². The maximum atomic E-state index is 16.2. The number of benzene rings is 3. The SMILES string of the molecule is COc1ccc(C2[C@@H]3CSCN3C3(C(=O)c4cccc5cccc3c45)C23C[C@H]2[C@@H]4CC=C5C[C@@H](O)CC[C@]5(C)[C@H]4CC[C@]2(C)C3=O)cc1. The summed E-state index contributed by atoms with van der Waals surface area (Å²) in [6.45, 7) is 4.75. The number of nitrogens with zero attached hydrogens (tertiary/aromatic N) is 1. The first-order valence-corrected chi connectivity index (χ1v) is 19.3. The average Bonchev–Trinajstić information content (AvgIpc) is 3.80. The molecule has 5 aliphatic carbocycles. The maximum absolute atomic E-state index is 16.2. The number of carbonyl (C=O) groups excluding carboxylic acids is 2. The summed E-state index contributed by atoms with van der Waals surface area (Å²) in [5, 5.41) is 12.8. The molecule has 3 unspecified atom stereocenters. The number of ether oxygens (including phenoxy) is 1. The molecule has 248 valence electrons. The lowest BCUT2D eigenvalue weighted by atomic mass is 9.48. The minimum absolute atomic E-state index is 0.0761. The lowest BCUT2D eigenvalue weighted by molar-refractivity contribution is -0.141. The summed E-state index contributed by atoms with van der Waals surface area (Å²) in [5.74, 6) is 3.95. The van der Waals surface area contributed by atoms with E-state index in [1.54, 1.807) is 7.11 Å². The first-order valence-electron chi connectivity index (χ1n) is 18.2. The number of fused-ring (bicyclic) bond motifs is 9. The van der Waals surface area contributed by atoms with Gasteiger partial charge in [0.1, 0.15) is 17.1 Å². The van der Waals surface area contributed by atoms with E-state index in [9.17, 15) is 5.11 Å². The van der Waals surface area contributed by atoms with Crippen molar-refractivity contribution in [2.45, 2.75) is 82.4 Å². The van der Waals surface area contributed by atoms with Gasteiger partial charge in [-0.3, -0.25) is 14.5 Å². The molecule has 2 saturated heterocycles. The van der Waals surface area contributed by atoms with E-state index in [2.05, 4.69) is 61.2 Å². The van der Waals surface area contributed by atoms with Crippen LogP contribution in [0.4, 0.5) is 0 Å². The van der Waals surface area contributed by atoms with E-state index in [1.165, 1.54) is 5.57 Å². The van der Waals surface area contributed by atoms with E-state index in [-0.39, 0.29) is 35.2 Å². The van der Waals surface area contributed by atoms with Crippen LogP contribution in [0.15, 0.2) is 72.3 Å². The highest BCUT2D eigenvalue weighted by Crippen LogP contribution is 2.77. The van der Waals surface area contributed by atoms with Gasteiger partial charge < -0.3 is 9.84 Å². The zero-order valence-corrected chi connectivity index (χ0v) is 29.0. The maximum Gasteiger partial charge on any atom is 0.189 e. The summed E-state index contributed by atoms with van der Waals surface area (Å²) in [6.07, 6.45) is 8.52. The molecule has 5 fully saturated rings. The van der Waals surface area contributed by atoms with Crippen molar-refractivity contribution in [3.63, 3.8) is 0 Å². The Kier molecular flexibility index (Phi) is 6.15. The minimum Gasteiger partial charge on any atom is -0.497 e. The number of aliphatic hydroxyl groups excluding tert-OH is 1. The van der Waals surface area contributed by atoms with Crippen LogP contribution in [-0.4, -0.2) is 52.5 Å². The Balaban J connectivity index is 1.22. The van der Waals surface area contributed by atoms with Crippen molar-refractivity contribution in [1.82, 2.24) is 4.90 Å². The normalized spacial score (nSPS) is 42.6. The monoisotopic (exact) mass is 659 g/mol. The van der Waals surface area contributed by atoms with Crippen molar-refractivity contribution >= 4 is 34.1 Å². The molecule has 2 spiro atoms. The largest absolute Gasteiger partial charge is 0.497 e. The van der Waals surface area contributed by atoms with Gasteiger partial charge in [-0.1, -0.05) is 74.0 Å². The number of hydrogen-bond donors (Lipinski definition) is 1. The molecule has 7 aliphatic rings. The van der Waals surface area contributed by atoms with Crippen molar-refractivity contribution in [2.24, 2.45) is 34.0 Å². The number of carbonyl (C=O) groups is 2. The molecule has 10 rings (SSSR count). The summed E-state index contributed by atoms with van der Waals surface area (Å²) in [5.41, 5.74) is 2.12. The van der Waals surface area contributed by atoms with Gasteiger partial charge in [-0.15, -0.1) is 11.8 Å². The summed E-state index contributed by atoms with van der Waals surface area (Å²) >= 11 is 1.91. The molecule has 0 aromatic heterocycles. The van der Waals surface area contributed by atoms with E-state index < -0.39 is 16.4 Å². The van der Waals surface area contributed by atoms with E-state index in [0.29, 0.717) is 17.6 Å². The van der Waals surface area contributed by atoms with Gasteiger partial charge in [-0.05, 0) is 102 Å². The predicted molar refractivity (Wildman–Crippen MR) is 189 cm³/mol. The number of hydrogen-bond acceptors (Lipinski definition) is 6. The van der Waals surface area contributed by atoms with Crippen molar-refractivity contribution in [3.8, 4) is 5.75 Å². The molecule has 5 nitrogen and oxygen atoms in total.